The Bertz CT molecular complexity index is 1880. The Balaban J connectivity index is 1.30. The van der Waals surface area contributed by atoms with E-state index in [9.17, 15) is 19.5 Å². The van der Waals surface area contributed by atoms with Gasteiger partial charge in [-0.05, 0) is 31.9 Å². The van der Waals surface area contributed by atoms with Crippen LogP contribution in [0.25, 0.3) is 21.7 Å². The van der Waals surface area contributed by atoms with Gasteiger partial charge in [0.15, 0.2) is 17.3 Å². The number of carbonyl (C=O) groups excluding carboxylic acids is 1. The average molecular weight is 602 g/mol. The highest BCUT2D eigenvalue weighted by atomic mass is 32.1. The molecule has 0 aromatic carbocycles. The molecule has 1 amide bonds. The van der Waals surface area contributed by atoms with Gasteiger partial charge in [0.25, 0.3) is 0 Å². The lowest BCUT2D eigenvalue weighted by molar-refractivity contribution is -0.120. The molecule has 6 rings (SSSR count). The summed E-state index contributed by atoms with van der Waals surface area (Å²) in [6.07, 6.45) is 8.09. The standard InChI is InChI=1S/C29H31N9O4S/c1-5-8-38-17(3)11-21(33-38)30-27(40)19-13-36(14-19)22-10-16(2)23-24(39)20(28(41)42)15-37(26(23)31-22)29-32-25(34-43-29)18-7-6-9-35(4)12-18/h6-7,10-12,15,19H,5,8-9,13-14H2,1-4H3,(H,41,42)(H,30,33,40). The van der Waals surface area contributed by atoms with E-state index in [4.69, 9.17) is 4.98 Å². The Morgan fingerprint density at radius 1 is 1.19 bits per heavy atom. The van der Waals surface area contributed by atoms with Gasteiger partial charge in [0.2, 0.25) is 16.5 Å². The van der Waals surface area contributed by atoms with E-state index < -0.39 is 11.4 Å². The molecule has 14 heteroatoms. The first-order valence-corrected chi connectivity index (χ1v) is 14.7. The second kappa shape index (κ2) is 11.1. The smallest absolute Gasteiger partial charge is 0.341 e. The highest BCUT2D eigenvalue weighted by Crippen LogP contribution is 2.29. The van der Waals surface area contributed by atoms with Crippen molar-refractivity contribution >= 4 is 51.7 Å². The summed E-state index contributed by atoms with van der Waals surface area (Å²) < 4.78 is 7.89. The van der Waals surface area contributed by atoms with Crippen molar-refractivity contribution in [2.75, 3.05) is 36.9 Å². The molecule has 0 atom stereocenters. The van der Waals surface area contributed by atoms with Crippen LogP contribution in [0.15, 0.2) is 41.5 Å². The third-order valence-electron chi connectivity index (χ3n) is 7.55. The Morgan fingerprint density at radius 2 is 1.98 bits per heavy atom. The Kier molecular flexibility index (Phi) is 7.30. The molecule has 2 aliphatic rings. The van der Waals surface area contributed by atoms with Crippen LogP contribution in [0.4, 0.5) is 11.6 Å². The van der Waals surface area contributed by atoms with E-state index >= 15 is 0 Å². The summed E-state index contributed by atoms with van der Waals surface area (Å²) in [7, 11) is 1.95. The number of pyridine rings is 2. The molecule has 4 aromatic rings. The normalized spacial score (nSPS) is 15.1. The number of allylic oxidation sites excluding steroid dienone is 2. The topological polar surface area (TPSA) is 151 Å². The molecule has 1 saturated heterocycles. The van der Waals surface area contributed by atoms with E-state index in [-0.39, 0.29) is 28.4 Å². The van der Waals surface area contributed by atoms with Gasteiger partial charge >= 0.3 is 5.97 Å². The van der Waals surface area contributed by atoms with Gasteiger partial charge in [0, 0.05) is 74.5 Å². The number of hydrogen-bond donors (Lipinski definition) is 2. The van der Waals surface area contributed by atoms with Gasteiger partial charge in [0.1, 0.15) is 11.4 Å². The van der Waals surface area contributed by atoms with E-state index in [0.717, 1.165) is 42.3 Å². The summed E-state index contributed by atoms with van der Waals surface area (Å²) in [6.45, 7) is 8.23. The number of nitrogens with one attached hydrogen (secondary N) is 1. The number of carboxylic acid groups (broad SMARTS) is 1. The number of carbonyl (C=O) groups is 2. The molecule has 43 heavy (non-hydrogen) atoms. The van der Waals surface area contributed by atoms with E-state index in [2.05, 4.69) is 26.7 Å². The van der Waals surface area contributed by atoms with Crippen LogP contribution < -0.4 is 15.6 Å². The Morgan fingerprint density at radius 3 is 2.70 bits per heavy atom. The van der Waals surface area contributed by atoms with Crippen molar-refractivity contribution in [1.29, 1.82) is 0 Å². The minimum Gasteiger partial charge on any atom is -0.477 e. The highest BCUT2D eigenvalue weighted by Gasteiger charge is 2.34. The predicted octanol–water partition coefficient (Wildman–Crippen LogP) is 3.08. The first kappa shape index (κ1) is 28.3. The zero-order chi connectivity index (χ0) is 30.4. The first-order valence-electron chi connectivity index (χ1n) is 14.0. The van der Waals surface area contributed by atoms with Gasteiger partial charge in [-0.15, -0.1) is 0 Å². The lowest BCUT2D eigenvalue weighted by atomic mass is 9.98. The van der Waals surface area contributed by atoms with Crippen LogP contribution in [0, 0.1) is 19.8 Å². The van der Waals surface area contributed by atoms with Gasteiger partial charge in [-0.3, -0.25) is 18.8 Å². The van der Waals surface area contributed by atoms with Crippen LogP contribution >= 0.6 is 11.5 Å². The van der Waals surface area contributed by atoms with Gasteiger partial charge in [0.05, 0.1) is 11.3 Å². The van der Waals surface area contributed by atoms with Crippen molar-refractivity contribution in [2.24, 2.45) is 5.92 Å². The zero-order valence-corrected chi connectivity index (χ0v) is 25.1. The van der Waals surface area contributed by atoms with E-state index in [1.165, 1.54) is 10.8 Å². The number of amides is 1. The van der Waals surface area contributed by atoms with Gasteiger partial charge in [-0.25, -0.2) is 9.78 Å². The molecule has 6 heterocycles. The fourth-order valence-corrected chi connectivity index (χ4v) is 5.92. The summed E-state index contributed by atoms with van der Waals surface area (Å²) in [5.74, 6) is -0.0966. The summed E-state index contributed by atoms with van der Waals surface area (Å²) in [5.41, 5.74) is 1.68. The SMILES string of the molecule is CCCn1nc(NC(=O)C2CN(c3cc(C)c4c(=O)c(C(=O)O)cn(-c5nc(C6=CN(C)CC=C6)ns5)c4n3)C2)cc1C. The fraction of sp³-hybridized carbons (Fsp3) is 0.345. The monoisotopic (exact) mass is 601 g/mol. The number of carboxylic acids is 1. The molecule has 2 aliphatic heterocycles. The maximum atomic E-state index is 13.2. The molecule has 4 aromatic heterocycles. The zero-order valence-electron chi connectivity index (χ0n) is 24.2. The second-order valence-corrected chi connectivity index (χ2v) is 11.6. The average Bonchev–Trinajstić information content (AvgIpc) is 3.54. The maximum Gasteiger partial charge on any atom is 0.341 e. The fourth-order valence-electron chi connectivity index (χ4n) is 5.25. The largest absolute Gasteiger partial charge is 0.477 e. The number of rotatable bonds is 8. The van der Waals surface area contributed by atoms with Crippen molar-refractivity contribution < 1.29 is 14.7 Å². The molecule has 1 fully saturated rings. The molecular formula is C29H31N9O4S. The van der Waals surface area contributed by atoms with Crippen LogP contribution in [-0.2, 0) is 11.3 Å². The van der Waals surface area contributed by atoms with Gasteiger partial charge in [-0.1, -0.05) is 19.1 Å². The molecule has 0 radical (unpaired) electrons. The quantitative estimate of drug-likeness (QED) is 0.308. The third kappa shape index (κ3) is 5.29. The van der Waals surface area contributed by atoms with Crippen molar-refractivity contribution in [2.45, 2.75) is 33.7 Å². The third-order valence-corrected chi connectivity index (χ3v) is 8.26. The first-order chi connectivity index (χ1) is 20.6. The lowest BCUT2D eigenvalue weighted by Crippen LogP contribution is -2.52. The number of hydrogen-bond acceptors (Lipinski definition) is 10. The molecule has 0 saturated carbocycles. The number of aromatic carboxylic acids is 1. The van der Waals surface area contributed by atoms with Crippen LogP contribution in [0.2, 0.25) is 0 Å². The second-order valence-electron chi connectivity index (χ2n) is 10.9. The van der Waals surface area contributed by atoms with Gasteiger partial charge in [-0.2, -0.15) is 14.5 Å². The molecule has 0 spiro atoms. The minimum absolute atomic E-state index is 0.115. The Hall–Kier alpha value is -4.85. The number of fused-ring (bicyclic) bond motifs is 1. The molecule has 0 unspecified atom stereocenters. The van der Waals surface area contributed by atoms with Crippen molar-refractivity contribution in [3.8, 4) is 5.13 Å². The number of aromatic nitrogens is 6. The molecule has 222 valence electrons. The molecule has 0 aliphatic carbocycles. The summed E-state index contributed by atoms with van der Waals surface area (Å²) >= 11 is 1.09. The number of likely N-dealkylation sites (N-methyl/N-ethyl adjacent to an activating group) is 1. The number of nitrogens with zero attached hydrogens (tertiary/aromatic N) is 8. The van der Waals surface area contributed by atoms with Crippen LogP contribution in [-0.4, -0.2) is 77.3 Å². The minimum atomic E-state index is -1.33. The van der Waals surface area contributed by atoms with Crippen LogP contribution in [0.1, 0.15) is 40.8 Å². The molecular weight excluding hydrogens is 570 g/mol. The molecule has 13 nitrogen and oxygen atoms in total. The van der Waals surface area contributed by atoms with Crippen molar-refractivity contribution in [3.05, 3.63) is 69.6 Å². The summed E-state index contributed by atoms with van der Waals surface area (Å²) in [6, 6.07) is 3.61. The number of aryl methyl sites for hydroxylation is 3. The van der Waals surface area contributed by atoms with Crippen LogP contribution in [0.3, 0.4) is 0 Å². The van der Waals surface area contributed by atoms with E-state index in [1.807, 2.05) is 52.9 Å². The molecule has 2 N–H and O–H groups in total. The van der Waals surface area contributed by atoms with Gasteiger partial charge < -0.3 is 20.2 Å². The summed E-state index contributed by atoms with van der Waals surface area (Å²) in [4.78, 5) is 51.6. The van der Waals surface area contributed by atoms with Crippen molar-refractivity contribution in [1.82, 2.24) is 33.6 Å². The van der Waals surface area contributed by atoms with E-state index in [1.54, 1.807) is 13.0 Å². The number of anilines is 2. The van der Waals surface area contributed by atoms with Crippen LogP contribution in [0.5, 0.6) is 0 Å². The Labute approximate surface area is 251 Å². The lowest BCUT2D eigenvalue weighted by Gasteiger charge is -2.39. The molecule has 0 bridgehead atoms. The summed E-state index contributed by atoms with van der Waals surface area (Å²) in [5, 5.41) is 17.8. The maximum absolute atomic E-state index is 13.2. The predicted molar refractivity (Wildman–Crippen MR) is 164 cm³/mol. The van der Waals surface area contributed by atoms with E-state index in [0.29, 0.717) is 41.2 Å². The highest BCUT2D eigenvalue weighted by molar-refractivity contribution is 7.08. The van der Waals surface area contributed by atoms with Crippen molar-refractivity contribution in [3.63, 3.8) is 0 Å².